The smallest absolute Gasteiger partial charge is 0.231 e. The topological polar surface area (TPSA) is 134 Å². The molecule has 1 heterocycles. The van der Waals surface area contributed by atoms with Gasteiger partial charge in [0.1, 0.15) is 18.2 Å². The summed E-state index contributed by atoms with van der Waals surface area (Å²) in [6.07, 6.45) is 1.38. The van der Waals surface area contributed by atoms with Crippen molar-refractivity contribution in [3.05, 3.63) is 28.5 Å². The summed E-state index contributed by atoms with van der Waals surface area (Å²) in [5.74, 6) is 1.43. The molecule has 1 aromatic rings. The quantitative estimate of drug-likeness (QED) is 0.651. The minimum absolute atomic E-state index is 0.00931. The van der Waals surface area contributed by atoms with Crippen LogP contribution in [0.15, 0.2) is 22.9 Å². The van der Waals surface area contributed by atoms with Gasteiger partial charge < -0.3 is 24.7 Å². The molecule has 0 spiro atoms. The second-order valence-electron chi connectivity index (χ2n) is 4.45. The molecule has 0 atom stereocenters. The van der Waals surface area contributed by atoms with Crippen LogP contribution in [0.5, 0.6) is 23.0 Å². The van der Waals surface area contributed by atoms with Crippen molar-refractivity contribution in [2.24, 2.45) is 5.73 Å². The van der Waals surface area contributed by atoms with E-state index in [1.807, 2.05) is 6.07 Å². The molecule has 0 radical (unpaired) electrons. The second-order valence-corrected chi connectivity index (χ2v) is 4.45. The van der Waals surface area contributed by atoms with Crippen LogP contribution >= 0.6 is 0 Å². The first-order valence-corrected chi connectivity index (χ1v) is 6.57. The molecule has 0 fully saturated rings. The zero-order valence-electron chi connectivity index (χ0n) is 12.9. The van der Waals surface area contributed by atoms with Crippen LogP contribution in [0, 0.1) is 34.0 Å². The van der Waals surface area contributed by atoms with Crippen LogP contribution in [0.3, 0.4) is 0 Å². The Hall–Kier alpha value is -3.83. The fourth-order valence-corrected chi connectivity index (χ4v) is 2.11. The van der Waals surface area contributed by atoms with Gasteiger partial charge in [0.2, 0.25) is 18.3 Å². The summed E-state index contributed by atoms with van der Waals surface area (Å²) in [5, 5.41) is 27.1. The van der Waals surface area contributed by atoms with Crippen LogP contribution in [0.4, 0.5) is 0 Å². The van der Waals surface area contributed by atoms with Gasteiger partial charge in [0.15, 0.2) is 17.1 Å². The molecule has 0 bridgehead atoms. The number of allylic oxidation sites excluding steroid dienone is 2. The fraction of sp³-hybridized carbons (Fsp3) is 0.188. The van der Waals surface area contributed by atoms with E-state index >= 15 is 0 Å². The van der Waals surface area contributed by atoms with Gasteiger partial charge >= 0.3 is 0 Å². The number of hydrogen-bond acceptors (Lipinski definition) is 8. The van der Waals surface area contributed by atoms with E-state index in [4.69, 9.17) is 35.2 Å². The first-order valence-electron chi connectivity index (χ1n) is 6.57. The minimum atomic E-state index is -0.352. The largest absolute Gasteiger partial charge is 0.493 e. The lowest BCUT2D eigenvalue weighted by Crippen LogP contribution is -2.04. The van der Waals surface area contributed by atoms with Crippen molar-refractivity contribution in [2.45, 2.75) is 0 Å². The average Bonchev–Trinajstić information content (AvgIpc) is 3.09. The van der Waals surface area contributed by atoms with Crippen LogP contribution < -0.4 is 24.7 Å². The Balaban J connectivity index is 2.69. The predicted molar refractivity (Wildman–Crippen MR) is 81.7 cm³/mol. The second kappa shape index (κ2) is 6.95. The van der Waals surface area contributed by atoms with Crippen molar-refractivity contribution < 1.29 is 18.9 Å². The van der Waals surface area contributed by atoms with Crippen LogP contribution in [-0.2, 0) is 0 Å². The lowest BCUT2D eigenvalue weighted by molar-refractivity contribution is 0.168. The standard InChI is InChI=1S/C16H12N4O4/c1-21-12-4-9(14(22-2)16-15(12)23-8-24-16)3-10(5-17)13(20)11(6-18)7-19/h3-4H,8,20H2,1-2H3. The highest BCUT2D eigenvalue weighted by atomic mass is 16.7. The third-order valence-electron chi connectivity index (χ3n) is 3.22. The average molecular weight is 324 g/mol. The molecular weight excluding hydrogens is 312 g/mol. The number of nitriles is 3. The normalized spacial score (nSPS) is 11.7. The highest BCUT2D eigenvalue weighted by Crippen LogP contribution is 2.50. The molecular formula is C16H12N4O4. The molecule has 0 amide bonds. The molecule has 0 aliphatic carbocycles. The maximum Gasteiger partial charge on any atom is 0.231 e. The number of nitrogens with two attached hydrogens (primary N) is 1. The minimum Gasteiger partial charge on any atom is -0.493 e. The number of ether oxygens (including phenoxy) is 4. The molecule has 2 rings (SSSR count). The Morgan fingerprint density at radius 2 is 1.79 bits per heavy atom. The van der Waals surface area contributed by atoms with Crippen LogP contribution in [-0.4, -0.2) is 21.0 Å². The maximum atomic E-state index is 9.30. The van der Waals surface area contributed by atoms with Crippen LogP contribution in [0.2, 0.25) is 0 Å². The summed E-state index contributed by atoms with van der Waals surface area (Å²) in [6.45, 7) is 0.00931. The summed E-state index contributed by atoms with van der Waals surface area (Å²) < 4.78 is 21.3. The Bertz CT molecular complexity index is 850. The molecule has 8 nitrogen and oxygen atoms in total. The zero-order valence-corrected chi connectivity index (χ0v) is 12.9. The number of rotatable bonds is 4. The number of methoxy groups -OCH3 is 2. The summed E-state index contributed by atoms with van der Waals surface area (Å²) in [7, 11) is 2.89. The molecule has 1 aliphatic rings. The highest BCUT2D eigenvalue weighted by Gasteiger charge is 2.26. The van der Waals surface area contributed by atoms with Crippen molar-refractivity contribution in [1.82, 2.24) is 0 Å². The van der Waals surface area contributed by atoms with E-state index in [9.17, 15) is 5.26 Å². The number of benzene rings is 1. The van der Waals surface area contributed by atoms with Crippen molar-refractivity contribution in [2.75, 3.05) is 21.0 Å². The van der Waals surface area contributed by atoms with E-state index in [1.165, 1.54) is 20.3 Å². The van der Waals surface area contributed by atoms with E-state index in [-0.39, 0.29) is 23.6 Å². The van der Waals surface area contributed by atoms with Crippen molar-refractivity contribution >= 4 is 6.08 Å². The molecule has 8 heteroatoms. The molecule has 0 saturated carbocycles. The van der Waals surface area contributed by atoms with Gasteiger partial charge in [0.05, 0.1) is 25.5 Å². The Morgan fingerprint density at radius 1 is 1.12 bits per heavy atom. The first kappa shape index (κ1) is 16.5. The van der Waals surface area contributed by atoms with E-state index < -0.39 is 0 Å². The van der Waals surface area contributed by atoms with Gasteiger partial charge in [-0.15, -0.1) is 0 Å². The Kier molecular flexibility index (Phi) is 4.79. The highest BCUT2D eigenvalue weighted by molar-refractivity contribution is 5.76. The number of hydrogen-bond donors (Lipinski definition) is 1. The maximum absolute atomic E-state index is 9.30. The monoisotopic (exact) mass is 324 g/mol. The van der Waals surface area contributed by atoms with Gasteiger partial charge in [-0.05, 0) is 12.1 Å². The first-order chi connectivity index (χ1) is 11.6. The third kappa shape index (κ3) is 2.75. The van der Waals surface area contributed by atoms with Crippen LogP contribution in [0.25, 0.3) is 6.08 Å². The Morgan fingerprint density at radius 3 is 2.33 bits per heavy atom. The summed E-state index contributed by atoms with van der Waals surface area (Å²) in [6, 6.07) is 6.73. The SMILES string of the molecule is COc1cc(C=C(C#N)C(N)=C(C#N)C#N)c(OC)c2c1OCO2. The van der Waals surface area contributed by atoms with Gasteiger partial charge in [-0.3, -0.25) is 0 Å². The van der Waals surface area contributed by atoms with Gasteiger partial charge in [0.25, 0.3) is 0 Å². The zero-order chi connectivity index (χ0) is 17.7. The van der Waals surface area contributed by atoms with E-state index in [1.54, 1.807) is 18.2 Å². The lowest BCUT2D eigenvalue weighted by atomic mass is 10.0. The lowest BCUT2D eigenvalue weighted by Gasteiger charge is -2.12. The molecule has 2 N–H and O–H groups in total. The van der Waals surface area contributed by atoms with E-state index in [0.717, 1.165) is 0 Å². The van der Waals surface area contributed by atoms with Crippen molar-refractivity contribution in [3.8, 4) is 41.2 Å². The van der Waals surface area contributed by atoms with Gasteiger partial charge in [0, 0.05) is 5.56 Å². The number of fused-ring (bicyclic) bond motifs is 1. The molecule has 1 aliphatic heterocycles. The van der Waals surface area contributed by atoms with E-state index in [2.05, 4.69) is 0 Å². The van der Waals surface area contributed by atoms with Gasteiger partial charge in [-0.25, -0.2) is 0 Å². The molecule has 1 aromatic carbocycles. The van der Waals surface area contributed by atoms with Gasteiger partial charge in [-0.1, -0.05) is 0 Å². The van der Waals surface area contributed by atoms with Crippen molar-refractivity contribution in [1.29, 1.82) is 15.8 Å². The van der Waals surface area contributed by atoms with E-state index in [0.29, 0.717) is 28.6 Å². The van der Waals surface area contributed by atoms with Crippen LogP contribution in [0.1, 0.15) is 5.56 Å². The summed E-state index contributed by atoms with van der Waals surface area (Å²) in [5.41, 5.74) is 5.52. The summed E-state index contributed by atoms with van der Waals surface area (Å²) in [4.78, 5) is 0. The van der Waals surface area contributed by atoms with Gasteiger partial charge in [-0.2, -0.15) is 15.8 Å². The number of nitrogens with zero attached hydrogens (tertiary/aromatic N) is 3. The molecule has 0 aromatic heterocycles. The fourth-order valence-electron chi connectivity index (χ4n) is 2.11. The molecule has 0 unspecified atom stereocenters. The molecule has 0 saturated heterocycles. The van der Waals surface area contributed by atoms with Crippen molar-refractivity contribution in [3.63, 3.8) is 0 Å². The predicted octanol–water partition coefficient (Wildman–Crippen LogP) is 1.60. The summed E-state index contributed by atoms with van der Waals surface area (Å²) >= 11 is 0. The molecule has 120 valence electrons. The Labute approximate surface area is 138 Å². The third-order valence-corrected chi connectivity index (χ3v) is 3.22. The molecule has 24 heavy (non-hydrogen) atoms.